The zero-order chi connectivity index (χ0) is 29.3. The van der Waals surface area contributed by atoms with Crippen molar-refractivity contribution in [1.29, 1.82) is 0 Å². The number of nitrogens with zero attached hydrogens (tertiary/aromatic N) is 1. The number of alkyl halides is 3. The third-order valence-corrected chi connectivity index (χ3v) is 8.25. The summed E-state index contributed by atoms with van der Waals surface area (Å²) in [5.41, 5.74) is 1.51. The molecule has 0 spiro atoms. The van der Waals surface area contributed by atoms with Gasteiger partial charge in [-0.2, -0.15) is 0 Å². The quantitative estimate of drug-likeness (QED) is 0.299. The van der Waals surface area contributed by atoms with Crippen LogP contribution in [0.3, 0.4) is 0 Å². The number of carbonyl (C=O) groups excluding carboxylic acids is 1. The Morgan fingerprint density at radius 1 is 1.00 bits per heavy atom. The number of hydrogen-bond donors (Lipinski definition) is 3. The molecule has 1 aliphatic heterocycles. The average Bonchev–Trinajstić information content (AvgIpc) is 2.87. The maximum Gasteiger partial charge on any atom is 0.573 e. The van der Waals surface area contributed by atoms with Gasteiger partial charge in [-0.25, -0.2) is 13.9 Å². The predicted octanol–water partition coefficient (Wildman–Crippen LogP) is 3.23. The van der Waals surface area contributed by atoms with E-state index in [-0.39, 0.29) is 29.2 Å². The first-order valence-corrected chi connectivity index (χ1v) is 13.0. The molecule has 1 aliphatic rings. The van der Waals surface area contributed by atoms with Crippen LogP contribution in [-0.4, -0.2) is 80.0 Å². The van der Waals surface area contributed by atoms with Crippen molar-refractivity contribution in [3.8, 4) is 17.2 Å². The molecular formula is C24H29F3N2O9S. The van der Waals surface area contributed by atoms with Crippen molar-refractivity contribution in [3.63, 3.8) is 0 Å². The Hall–Kier alpha value is -3.40. The molecule has 3 rings (SSSR count). The van der Waals surface area contributed by atoms with Crippen LogP contribution < -0.4 is 15.0 Å². The minimum Gasteiger partial charge on any atom is -0.481 e. The molecule has 1 saturated heterocycles. The van der Waals surface area contributed by atoms with E-state index in [9.17, 15) is 31.6 Å². The van der Waals surface area contributed by atoms with Gasteiger partial charge in [0, 0.05) is 33.7 Å². The Morgan fingerprint density at radius 2 is 1.46 bits per heavy atom. The van der Waals surface area contributed by atoms with Crippen LogP contribution in [-0.2, 0) is 24.2 Å². The highest BCUT2D eigenvalue weighted by Gasteiger charge is 2.52. The summed E-state index contributed by atoms with van der Waals surface area (Å²) < 4.78 is 76.4. The molecular weight excluding hydrogens is 549 g/mol. The van der Waals surface area contributed by atoms with Gasteiger partial charge in [-0.3, -0.25) is 14.8 Å². The highest BCUT2D eigenvalue weighted by Crippen LogP contribution is 2.37. The number of rotatable bonds is 9. The van der Waals surface area contributed by atoms with Gasteiger partial charge in [0.15, 0.2) is 14.6 Å². The van der Waals surface area contributed by atoms with E-state index in [1.165, 1.54) is 41.9 Å². The molecule has 0 aliphatic carbocycles. The van der Waals surface area contributed by atoms with Gasteiger partial charge in [-0.1, -0.05) is 0 Å². The molecule has 1 fully saturated rings. The van der Waals surface area contributed by atoms with Crippen molar-refractivity contribution in [2.45, 2.75) is 35.8 Å². The second kappa shape index (κ2) is 13.6. The number of likely N-dealkylation sites (tertiary alicyclic amines) is 1. The zero-order valence-electron chi connectivity index (χ0n) is 21.1. The first kappa shape index (κ1) is 31.8. The molecule has 2 aromatic carbocycles. The highest BCUT2D eigenvalue weighted by molar-refractivity contribution is 7.93. The first-order chi connectivity index (χ1) is 18.2. The number of halogens is 3. The fourth-order valence-electron chi connectivity index (χ4n) is 3.84. The van der Waals surface area contributed by atoms with Gasteiger partial charge in [0.05, 0.1) is 11.5 Å². The summed E-state index contributed by atoms with van der Waals surface area (Å²) in [5.74, 6) is -1.81. The molecule has 1 heterocycles. The van der Waals surface area contributed by atoms with Gasteiger partial charge >= 0.3 is 6.36 Å². The lowest BCUT2D eigenvalue weighted by molar-refractivity contribution is -0.274. The number of carboxylic acid groups (broad SMARTS) is 1. The summed E-state index contributed by atoms with van der Waals surface area (Å²) in [6.07, 6.45) is -4.85. The number of carbonyl (C=O) groups is 2. The number of hydroxylamine groups is 1. The molecule has 0 radical (unpaired) electrons. The van der Waals surface area contributed by atoms with Gasteiger partial charge in [-0.15, -0.1) is 13.2 Å². The summed E-state index contributed by atoms with van der Waals surface area (Å²) >= 11 is 0. The van der Waals surface area contributed by atoms with Crippen LogP contribution in [0.25, 0.3) is 0 Å². The van der Waals surface area contributed by atoms with E-state index in [1.807, 2.05) is 4.90 Å². The Bertz CT molecular complexity index is 1190. The third-order valence-electron chi connectivity index (χ3n) is 5.73. The second-order valence-electron chi connectivity index (χ2n) is 8.38. The first-order valence-electron chi connectivity index (χ1n) is 11.5. The number of hydrogen-bond acceptors (Lipinski definition) is 9. The largest absolute Gasteiger partial charge is 0.573 e. The van der Waals surface area contributed by atoms with Crippen LogP contribution in [0.5, 0.6) is 17.2 Å². The summed E-state index contributed by atoms with van der Waals surface area (Å²) in [6, 6.07) is 9.98. The molecule has 1 amide bonds. The van der Waals surface area contributed by atoms with Crippen LogP contribution in [0.2, 0.25) is 0 Å². The summed E-state index contributed by atoms with van der Waals surface area (Å²) in [4.78, 5) is 23.4. The number of amides is 1. The van der Waals surface area contributed by atoms with Gasteiger partial charge in [0.1, 0.15) is 17.2 Å². The van der Waals surface area contributed by atoms with Crippen LogP contribution in [0, 0.1) is 0 Å². The normalized spacial score (nSPS) is 15.4. The molecule has 39 heavy (non-hydrogen) atoms. The van der Waals surface area contributed by atoms with E-state index < -0.39 is 38.6 Å². The Morgan fingerprint density at radius 3 is 1.90 bits per heavy atom. The molecule has 0 unspecified atom stereocenters. The number of carboxylic acids is 1. The Labute approximate surface area is 223 Å². The molecule has 216 valence electrons. The minimum atomic E-state index is -4.81. The predicted molar refractivity (Wildman–Crippen MR) is 130 cm³/mol. The van der Waals surface area contributed by atoms with E-state index in [4.69, 9.17) is 19.4 Å². The number of sulfone groups is 1. The number of nitrogens with one attached hydrogen (secondary N) is 1. The van der Waals surface area contributed by atoms with Crippen LogP contribution in [0.4, 0.5) is 13.2 Å². The number of piperidine rings is 1. The minimum absolute atomic E-state index is 0.0178. The zero-order valence-corrected chi connectivity index (χ0v) is 21.9. The van der Waals surface area contributed by atoms with Gasteiger partial charge in [-0.05, 0) is 61.4 Å². The Balaban J connectivity index is 0.00000124. The molecule has 0 bridgehead atoms. The summed E-state index contributed by atoms with van der Waals surface area (Å²) in [6.45, 7) is 2.78. The lowest BCUT2D eigenvalue weighted by atomic mass is 9.95. The maximum absolute atomic E-state index is 13.5. The SMILES string of the molecule is CC(=O)O.COCCN1CCC(C(=O)NO)(S(=O)(=O)c2ccc(Oc3ccc(OC(F)(F)F)cc3)cc2)CC1. The van der Waals surface area contributed by atoms with E-state index >= 15 is 0 Å². The highest BCUT2D eigenvalue weighted by atomic mass is 32.2. The van der Waals surface area contributed by atoms with Crippen molar-refractivity contribution in [3.05, 3.63) is 48.5 Å². The van der Waals surface area contributed by atoms with Crippen LogP contribution in [0.15, 0.2) is 53.4 Å². The number of benzene rings is 2. The van der Waals surface area contributed by atoms with E-state index in [1.54, 1.807) is 7.11 Å². The van der Waals surface area contributed by atoms with Gasteiger partial charge < -0.3 is 24.2 Å². The average molecular weight is 579 g/mol. The van der Waals surface area contributed by atoms with Crippen LogP contribution >= 0.6 is 0 Å². The maximum atomic E-state index is 13.5. The number of methoxy groups -OCH3 is 1. The molecule has 11 nitrogen and oxygen atoms in total. The van der Waals surface area contributed by atoms with Crippen molar-refractivity contribution in [1.82, 2.24) is 10.4 Å². The monoisotopic (exact) mass is 578 g/mol. The van der Waals surface area contributed by atoms with Crippen molar-refractivity contribution in [2.75, 3.05) is 33.4 Å². The fraction of sp³-hybridized carbons (Fsp3) is 0.417. The summed E-state index contributed by atoms with van der Waals surface area (Å²) in [5, 5.41) is 16.7. The topological polar surface area (TPSA) is 152 Å². The van der Waals surface area contributed by atoms with Crippen molar-refractivity contribution >= 4 is 21.7 Å². The molecule has 2 aromatic rings. The number of aliphatic carboxylic acids is 1. The molecule has 0 aromatic heterocycles. The number of ether oxygens (including phenoxy) is 3. The Kier molecular flexibility index (Phi) is 11.1. The van der Waals surface area contributed by atoms with Crippen molar-refractivity contribution < 1.29 is 55.7 Å². The van der Waals surface area contributed by atoms with E-state index in [0.717, 1.165) is 19.1 Å². The fourth-order valence-corrected chi connectivity index (χ4v) is 5.79. The second-order valence-corrected chi connectivity index (χ2v) is 10.6. The molecule has 0 atom stereocenters. The smallest absolute Gasteiger partial charge is 0.481 e. The van der Waals surface area contributed by atoms with E-state index in [2.05, 4.69) is 4.74 Å². The van der Waals surface area contributed by atoms with E-state index in [0.29, 0.717) is 26.2 Å². The van der Waals surface area contributed by atoms with Gasteiger partial charge in [0.2, 0.25) is 0 Å². The standard InChI is InChI=1S/C22H25F3N2O7S.C2H4O2/c1-32-15-14-27-12-10-21(11-13-27,20(28)26-29)35(30,31)19-8-6-17(7-9-19)33-16-2-4-18(5-3-16)34-22(23,24)25;1-2(3)4/h2-9,29H,10-15H2,1H3,(H,26,28);1H3,(H,3,4). The summed E-state index contributed by atoms with van der Waals surface area (Å²) in [7, 11) is -2.64. The lowest BCUT2D eigenvalue weighted by Crippen LogP contribution is -2.57. The lowest BCUT2D eigenvalue weighted by Gasteiger charge is -2.39. The third kappa shape index (κ3) is 8.81. The van der Waals surface area contributed by atoms with Crippen LogP contribution in [0.1, 0.15) is 19.8 Å². The molecule has 15 heteroatoms. The van der Waals surface area contributed by atoms with Gasteiger partial charge in [0.25, 0.3) is 11.9 Å². The van der Waals surface area contributed by atoms with Crippen molar-refractivity contribution in [2.24, 2.45) is 0 Å². The molecule has 3 N–H and O–H groups in total. The molecule has 0 saturated carbocycles.